The second kappa shape index (κ2) is 3.68. The molecule has 2 saturated carbocycles. The summed E-state index contributed by atoms with van der Waals surface area (Å²) in [6, 6.07) is 2.37. The monoisotopic (exact) mass is 237 g/mol. The third kappa shape index (κ3) is 1.53. The van der Waals surface area contributed by atoms with Crippen LogP contribution < -0.4 is 0 Å². The summed E-state index contributed by atoms with van der Waals surface area (Å²) in [6.07, 6.45) is 5.43. The number of hydrogen-bond acceptors (Lipinski definition) is 4. The maximum atomic E-state index is 10.8. The molecule has 0 bridgehead atoms. The highest BCUT2D eigenvalue weighted by Gasteiger charge is 2.58. The lowest BCUT2D eigenvalue weighted by Crippen LogP contribution is -2.56. The van der Waals surface area contributed by atoms with Crippen molar-refractivity contribution in [1.29, 1.82) is 5.26 Å². The van der Waals surface area contributed by atoms with E-state index in [1.807, 2.05) is 0 Å². The minimum atomic E-state index is -0.819. The molecule has 4 heteroatoms. The van der Waals surface area contributed by atoms with Crippen molar-refractivity contribution >= 4 is 0 Å². The molecule has 1 aliphatic heterocycles. The molecule has 17 heavy (non-hydrogen) atoms. The number of nitrogens with zero attached hydrogens (tertiary/aromatic N) is 1. The highest BCUT2D eigenvalue weighted by Crippen LogP contribution is 2.56. The van der Waals surface area contributed by atoms with Gasteiger partial charge in [-0.1, -0.05) is 6.42 Å². The molecule has 1 heterocycles. The Morgan fingerprint density at radius 2 is 1.53 bits per heavy atom. The number of nitriles is 1. The van der Waals surface area contributed by atoms with E-state index >= 15 is 0 Å². The summed E-state index contributed by atoms with van der Waals surface area (Å²) in [4.78, 5) is 0. The van der Waals surface area contributed by atoms with E-state index in [1.165, 1.54) is 0 Å². The molecule has 1 saturated heterocycles. The molecule has 1 spiro atoms. The second-order valence-electron chi connectivity index (χ2n) is 5.69. The van der Waals surface area contributed by atoms with Gasteiger partial charge in [0.15, 0.2) is 5.79 Å². The van der Waals surface area contributed by atoms with Crippen LogP contribution in [-0.2, 0) is 9.47 Å². The Balaban J connectivity index is 1.73. The fourth-order valence-corrected chi connectivity index (χ4v) is 3.52. The standard InChI is InChI=1S/C13H19NO3/c14-10-11(2-1-3-11)12(15)4-6-13(7-5-12)16-8-9-17-13/h15H,1-9H2. The van der Waals surface area contributed by atoms with Crippen molar-refractivity contribution in [3.05, 3.63) is 0 Å². The Morgan fingerprint density at radius 3 is 1.94 bits per heavy atom. The van der Waals surface area contributed by atoms with Gasteiger partial charge in [0.25, 0.3) is 0 Å². The van der Waals surface area contributed by atoms with Crippen LogP contribution in [0.25, 0.3) is 0 Å². The molecule has 0 radical (unpaired) electrons. The molecular formula is C13H19NO3. The summed E-state index contributed by atoms with van der Waals surface area (Å²) in [5.74, 6) is -0.452. The van der Waals surface area contributed by atoms with Crippen molar-refractivity contribution in [2.24, 2.45) is 5.41 Å². The van der Waals surface area contributed by atoms with E-state index in [4.69, 9.17) is 9.47 Å². The van der Waals surface area contributed by atoms with E-state index in [1.54, 1.807) is 0 Å². The minimum Gasteiger partial charge on any atom is -0.388 e. The van der Waals surface area contributed by atoms with E-state index < -0.39 is 16.8 Å². The number of hydrogen-bond donors (Lipinski definition) is 1. The zero-order valence-electron chi connectivity index (χ0n) is 10.1. The Labute approximate surface area is 102 Å². The van der Waals surface area contributed by atoms with Crippen LogP contribution >= 0.6 is 0 Å². The van der Waals surface area contributed by atoms with E-state index in [0.717, 1.165) is 19.3 Å². The van der Waals surface area contributed by atoms with Crippen LogP contribution in [-0.4, -0.2) is 29.7 Å². The van der Waals surface area contributed by atoms with Crippen LogP contribution in [0, 0.1) is 16.7 Å². The molecular weight excluding hydrogens is 218 g/mol. The molecule has 4 nitrogen and oxygen atoms in total. The smallest absolute Gasteiger partial charge is 0.168 e. The van der Waals surface area contributed by atoms with Crippen molar-refractivity contribution in [3.8, 4) is 6.07 Å². The summed E-state index contributed by atoms with van der Waals surface area (Å²) in [6.45, 7) is 1.31. The molecule has 0 atom stereocenters. The lowest BCUT2D eigenvalue weighted by molar-refractivity contribution is -0.223. The van der Waals surface area contributed by atoms with Crippen LogP contribution in [0.4, 0.5) is 0 Å². The molecule has 0 aromatic heterocycles. The number of rotatable bonds is 1. The zero-order chi connectivity index (χ0) is 12.0. The Bertz CT molecular complexity index is 340. The fraction of sp³-hybridized carbons (Fsp3) is 0.923. The largest absolute Gasteiger partial charge is 0.388 e. The van der Waals surface area contributed by atoms with Gasteiger partial charge in [0, 0.05) is 12.8 Å². The first kappa shape index (κ1) is 11.5. The summed E-state index contributed by atoms with van der Waals surface area (Å²) >= 11 is 0. The predicted octanol–water partition coefficient (Wildman–Crippen LogP) is 1.73. The van der Waals surface area contributed by atoms with Gasteiger partial charge in [0.2, 0.25) is 0 Å². The minimum absolute atomic E-state index is 0.452. The van der Waals surface area contributed by atoms with E-state index in [0.29, 0.717) is 38.9 Å². The third-order valence-corrected chi connectivity index (χ3v) is 4.96. The number of ether oxygens (including phenoxy) is 2. The van der Waals surface area contributed by atoms with Crippen LogP contribution in [0.5, 0.6) is 0 Å². The first-order chi connectivity index (χ1) is 8.14. The lowest BCUT2D eigenvalue weighted by atomic mass is 9.55. The Morgan fingerprint density at radius 1 is 0.941 bits per heavy atom. The highest BCUT2D eigenvalue weighted by molar-refractivity contribution is 5.17. The van der Waals surface area contributed by atoms with Gasteiger partial charge < -0.3 is 14.6 Å². The van der Waals surface area contributed by atoms with Gasteiger partial charge in [0.05, 0.1) is 30.3 Å². The molecule has 94 valence electrons. The first-order valence-corrected chi connectivity index (χ1v) is 6.55. The van der Waals surface area contributed by atoms with Crippen molar-refractivity contribution in [2.75, 3.05) is 13.2 Å². The Kier molecular flexibility index (Phi) is 2.48. The molecule has 3 rings (SSSR count). The van der Waals surface area contributed by atoms with Gasteiger partial charge in [-0.25, -0.2) is 0 Å². The van der Waals surface area contributed by atoms with Crippen LogP contribution in [0.3, 0.4) is 0 Å². The van der Waals surface area contributed by atoms with Gasteiger partial charge in [0.1, 0.15) is 0 Å². The average molecular weight is 237 g/mol. The average Bonchev–Trinajstić information content (AvgIpc) is 2.72. The van der Waals surface area contributed by atoms with Gasteiger partial charge in [-0.2, -0.15) is 5.26 Å². The van der Waals surface area contributed by atoms with Crippen LogP contribution in [0.15, 0.2) is 0 Å². The fourth-order valence-electron chi connectivity index (χ4n) is 3.52. The van der Waals surface area contributed by atoms with Crippen molar-refractivity contribution in [2.45, 2.75) is 56.3 Å². The van der Waals surface area contributed by atoms with Gasteiger partial charge in [-0.3, -0.25) is 0 Å². The lowest BCUT2D eigenvalue weighted by Gasteiger charge is -2.52. The number of aliphatic hydroxyl groups is 1. The molecule has 1 N–H and O–H groups in total. The zero-order valence-corrected chi connectivity index (χ0v) is 10.1. The second-order valence-corrected chi connectivity index (χ2v) is 5.69. The molecule has 0 unspecified atom stereocenters. The normalized spacial score (nSPS) is 32.9. The molecule has 0 aromatic carbocycles. The van der Waals surface area contributed by atoms with E-state index in [-0.39, 0.29) is 0 Å². The SMILES string of the molecule is N#CC1(C2(O)CCC3(CC2)OCCO3)CCC1. The summed E-state index contributed by atoms with van der Waals surface area (Å²) in [5.41, 5.74) is -1.31. The van der Waals surface area contributed by atoms with E-state index in [2.05, 4.69) is 6.07 Å². The van der Waals surface area contributed by atoms with Crippen LogP contribution in [0.1, 0.15) is 44.9 Å². The summed E-state index contributed by atoms with van der Waals surface area (Å²) in [7, 11) is 0. The van der Waals surface area contributed by atoms with Gasteiger partial charge in [-0.15, -0.1) is 0 Å². The predicted molar refractivity (Wildman–Crippen MR) is 59.9 cm³/mol. The first-order valence-electron chi connectivity index (χ1n) is 6.55. The molecule has 2 aliphatic carbocycles. The molecule has 0 aromatic rings. The van der Waals surface area contributed by atoms with Gasteiger partial charge in [-0.05, 0) is 25.7 Å². The van der Waals surface area contributed by atoms with Crippen LogP contribution in [0.2, 0.25) is 0 Å². The maximum Gasteiger partial charge on any atom is 0.168 e. The third-order valence-electron chi connectivity index (χ3n) is 4.96. The van der Waals surface area contributed by atoms with Crippen molar-refractivity contribution in [1.82, 2.24) is 0 Å². The topological polar surface area (TPSA) is 62.5 Å². The van der Waals surface area contributed by atoms with E-state index in [9.17, 15) is 10.4 Å². The molecule has 3 fully saturated rings. The highest BCUT2D eigenvalue weighted by atomic mass is 16.7. The van der Waals surface area contributed by atoms with Gasteiger partial charge >= 0.3 is 0 Å². The van der Waals surface area contributed by atoms with Crippen molar-refractivity contribution in [3.63, 3.8) is 0 Å². The maximum absolute atomic E-state index is 10.8. The van der Waals surface area contributed by atoms with Crippen molar-refractivity contribution < 1.29 is 14.6 Å². The molecule has 3 aliphatic rings. The Hall–Kier alpha value is -0.630. The molecule has 0 amide bonds. The summed E-state index contributed by atoms with van der Waals surface area (Å²) in [5, 5.41) is 20.1. The summed E-state index contributed by atoms with van der Waals surface area (Å²) < 4.78 is 11.3. The quantitative estimate of drug-likeness (QED) is 0.754.